The third kappa shape index (κ3) is 3.77. The normalized spacial score (nSPS) is 11.3. The van der Waals surface area contributed by atoms with Crippen LogP contribution in [0.2, 0.25) is 5.02 Å². The van der Waals surface area contributed by atoms with Crippen LogP contribution in [0.25, 0.3) is 21.3 Å². The van der Waals surface area contributed by atoms with Gasteiger partial charge in [-0.2, -0.15) is 0 Å². The number of carbonyl (C=O) groups excluding carboxylic acids is 1. The van der Waals surface area contributed by atoms with Crippen LogP contribution in [0, 0.1) is 13.8 Å². The molecule has 5 nitrogen and oxygen atoms in total. The molecule has 7 heteroatoms. The summed E-state index contributed by atoms with van der Waals surface area (Å²) in [5.74, 6) is 0.288. The van der Waals surface area contributed by atoms with Gasteiger partial charge in [-0.15, -0.1) is 11.3 Å². The van der Waals surface area contributed by atoms with Crippen LogP contribution >= 0.6 is 22.9 Å². The number of halogens is 1. The molecular weight excluding hydrogens is 382 g/mol. The van der Waals surface area contributed by atoms with E-state index in [1.165, 1.54) is 0 Å². The van der Waals surface area contributed by atoms with Gasteiger partial charge in [0.25, 0.3) is 5.56 Å². The van der Waals surface area contributed by atoms with E-state index in [9.17, 15) is 9.59 Å². The van der Waals surface area contributed by atoms with Crippen LogP contribution in [0.1, 0.15) is 36.0 Å². The van der Waals surface area contributed by atoms with Crippen molar-refractivity contribution in [2.45, 2.75) is 46.6 Å². The fourth-order valence-corrected chi connectivity index (χ4v) is 4.55. The lowest BCUT2D eigenvalue weighted by Gasteiger charge is -2.10. The Labute approximate surface area is 166 Å². The van der Waals surface area contributed by atoms with E-state index in [0.717, 1.165) is 32.8 Å². The number of nitrogens with zero attached hydrogens (tertiary/aromatic N) is 2. The van der Waals surface area contributed by atoms with Gasteiger partial charge in [0.05, 0.1) is 5.39 Å². The van der Waals surface area contributed by atoms with Crippen LogP contribution in [0.4, 0.5) is 0 Å². The molecule has 1 aromatic carbocycles. The Bertz CT molecular complexity index is 1090. The summed E-state index contributed by atoms with van der Waals surface area (Å²) < 4.78 is 1.64. The molecule has 1 amide bonds. The van der Waals surface area contributed by atoms with Gasteiger partial charge in [-0.3, -0.25) is 14.2 Å². The molecule has 3 aromatic rings. The lowest BCUT2D eigenvalue weighted by Crippen LogP contribution is -2.24. The Morgan fingerprint density at radius 1 is 1.33 bits per heavy atom. The van der Waals surface area contributed by atoms with Crippen molar-refractivity contribution in [2.75, 3.05) is 0 Å². The zero-order valence-corrected chi connectivity index (χ0v) is 17.2. The average molecular weight is 404 g/mol. The number of aryl methyl sites for hydroxylation is 3. The Kier molecular flexibility index (Phi) is 5.67. The SMILES string of the molecule is CCc1sc2nc(C)n(CCCC(N)=O)c(=O)c2c1-c1ccc(Cl)c(C)c1. The summed E-state index contributed by atoms with van der Waals surface area (Å²) >= 11 is 7.74. The van der Waals surface area contributed by atoms with Gasteiger partial charge in [-0.25, -0.2) is 4.98 Å². The van der Waals surface area contributed by atoms with E-state index in [4.69, 9.17) is 17.3 Å². The molecule has 0 saturated carbocycles. The predicted molar refractivity (Wildman–Crippen MR) is 112 cm³/mol. The number of benzene rings is 1. The summed E-state index contributed by atoms with van der Waals surface area (Å²) in [6, 6.07) is 5.83. The van der Waals surface area contributed by atoms with Gasteiger partial charge in [-0.05, 0) is 49.9 Å². The summed E-state index contributed by atoms with van der Waals surface area (Å²) in [6.45, 7) is 6.28. The lowest BCUT2D eigenvalue weighted by atomic mass is 10.0. The number of aromatic nitrogens is 2. The number of nitrogens with two attached hydrogens (primary N) is 1. The summed E-state index contributed by atoms with van der Waals surface area (Å²) in [6.07, 6.45) is 1.58. The summed E-state index contributed by atoms with van der Waals surface area (Å²) in [5.41, 5.74) is 8.04. The van der Waals surface area contributed by atoms with Crippen LogP contribution in [-0.2, 0) is 17.8 Å². The fourth-order valence-electron chi connectivity index (χ4n) is 3.26. The molecule has 0 aliphatic carbocycles. The van der Waals surface area contributed by atoms with Crippen molar-refractivity contribution >= 4 is 39.1 Å². The highest BCUT2D eigenvalue weighted by Crippen LogP contribution is 2.37. The number of thiophene rings is 1. The Hall–Kier alpha value is -2.18. The van der Waals surface area contributed by atoms with E-state index in [1.807, 2.05) is 32.0 Å². The number of rotatable bonds is 6. The monoisotopic (exact) mass is 403 g/mol. The highest BCUT2D eigenvalue weighted by molar-refractivity contribution is 7.19. The second-order valence-corrected chi connectivity index (χ2v) is 8.07. The molecule has 0 aliphatic heterocycles. The highest BCUT2D eigenvalue weighted by atomic mass is 35.5. The zero-order valence-electron chi connectivity index (χ0n) is 15.6. The van der Waals surface area contributed by atoms with Crippen molar-refractivity contribution < 1.29 is 4.79 Å². The smallest absolute Gasteiger partial charge is 0.262 e. The molecule has 0 bridgehead atoms. The number of fused-ring (bicyclic) bond motifs is 1. The Morgan fingerprint density at radius 3 is 2.70 bits per heavy atom. The van der Waals surface area contributed by atoms with Crippen molar-refractivity contribution in [3.8, 4) is 11.1 Å². The molecule has 2 heterocycles. The molecule has 0 fully saturated rings. The predicted octanol–water partition coefficient (Wildman–Crippen LogP) is 4.22. The average Bonchev–Trinajstić information content (AvgIpc) is 2.98. The molecule has 0 atom stereocenters. The molecular formula is C20H22ClN3O2S. The summed E-state index contributed by atoms with van der Waals surface area (Å²) in [4.78, 5) is 30.9. The van der Waals surface area contributed by atoms with E-state index in [1.54, 1.807) is 15.9 Å². The van der Waals surface area contributed by atoms with Crippen molar-refractivity contribution in [3.63, 3.8) is 0 Å². The van der Waals surface area contributed by atoms with Gasteiger partial charge in [-0.1, -0.05) is 24.6 Å². The third-order valence-electron chi connectivity index (χ3n) is 4.65. The van der Waals surface area contributed by atoms with Crippen LogP contribution in [-0.4, -0.2) is 15.5 Å². The standard InChI is InChI=1S/C20H22ClN3O2S/c1-4-15-17(13-7-8-14(21)11(2)10-13)18-19(27-15)23-12(3)24(20(18)26)9-5-6-16(22)25/h7-8,10H,4-6,9H2,1-3H3,(H2,22,25). The maximum Gasteiger partial charge on any atom is 0.262 e. The number of carbonyl (C=O) groups is 1. The fraction of sp³-hybridized carbons (Fsp3) is 0.350. The van der Waals surface area contributed by atoms with Gasteiger partial charge >= 0.3 is 0 Å². The van der Waals surface area contributed by atoms with Crippen LogP contribution < -0.4 is 11.3 Å². The maximum absolute atomic E-state index is 13.3. The van der Waals surface area contributed by atoms with Gasteiger partial charge < -0.3 is 5.73 Å². The number of hydrogen-bond acceptors (Lipinski definition) is 4. The summed E-state index contributed by atoms with van der Waals surface area (Å²) in [5, 5.41) is 1.34. The molecule has 0 aliphatic rings. The Morgan fingerprint density at radius 2 is 2.07 bits per heavy atom. The second-order valence-electron chi connectivity index (χ2n) is 6.58. The van der Waals surface area contributed by atoms with Gasteiger partial charge in [0.15, 0.2) is 0 Å². The van der Waals surface area contributed by atoms with Crippen LogP contribution in [0.3, 0.4) is 0 Å². The van der Waals surface area contributed by atoms with Crippen molar-refractivity contribution in [3.05, 3.63) is 49.8 Å². The summed E-state index contributed by atoms with van der Waals surface area (Å²) in [7, 11) is 0. The first kappa shape index (κ1) is 19.6. The number of amides is 1. The molecule has 0 radical (unpaired) electrons. The first-order chi connectivity index (χ1) is 12.8. The van der Waals surface area contributed by atoms with Crippen LogP contribution in [0.15, 0.2) is 23.0 Å². The van der Waals surface area contributed by atoms with E-state index in [-0.39, 0.29) is 17.9 Å². The van der Waals surface area contributed by atoms with Crippen molar-refractivity contribution in [1.82, 2.24) is 9.55 Å². The minimum atomic E-state index is -0.365. The zero-order chi connectivity index (χ0) is 19.7. The molecule has 27 heavy (non-hydrogen) atoms. The van der Waals surface area contributed by atoms with Gasteiger partial charge in [0.1, 0.15) is 10.7 Å². The number of hydrogen-bond donors (Lipinski definition) is 1. The topological polar surface area (TPSA) is 78.0 Å². The first-order valence-electron chi connectivity index (χ1n) is 8.91. The molecule has 0 saturated heterocycles. The highest BCUT2D eigenvalue weighted by Gasteiger charge is 2.20. The third-order valence-corrected chi connectivity index (χ3v) is 6.30. The van der Waals surface area contributed by atoms with Crippen molar-refractivity contribution in [1.29, 1.82) is 0 Å². The van der Waals surface area contributed by atoms with E-state index in [0.29, 0.717) is 29.2 Å². The first-order valence-corrected chi connectivity index (χ1v) is 10.1. The minimum absolute atomic E-state index is 0.0690. The number of primary amides is 1. The minimum Gasteiger partial charge on any atom is -0.370 e. The largest absolute Gasteiger partial charge is 0.370 e. The molecule has 0 spiro atoms. The van der Waals surface area contributed by atoms with Gasteiger partial charge in [0.2, 0.25) is 5.91 Å². The maximum atomic E-state index is 13.3. The lowest BCUT2D eigenvalue weighted by molar-refractivity contribution is -0.118. The van der Waals surface area contributed by atoms with E-state index in [2.05, 4.69) is 11.9 Å². The Balaban J connectivity index is 2.21. The quantitative estimate of drug-likeness (QED) is 0.669. The van der Waals surface area contributed by atoms with E-state index < -0.39 is 0 Å². The van der Waals surface area contributed by atoms with Crippen LogP contribution in [0.5, 0.6) is 0 Å². The second kappa shape index (κ2) is 7.82. The molecule has 3 rings (SSSR count). The van der Waals surface area contributed by atoms with Crippen molar-refractivity contribution in [2.24, 2.45) is 5.73 Å². The van der Waals surface area contributed by atoms with E-state index >= 15 is 0 Å². The molecule has 2 aromatic heterocycles. The van der Waals surface area contributed by atoms with Gasteiger partial charge in [0, 0.05) is 28.4 Å². The molecule has 0 unspecified atom stereocenters. The molecule has 2 N–H and O–H groups in total. The molecule has 142 valence electrons.